The molecule has 1 N–H and O–H groups in total. The van der Waals surface area contributed by atoms with E-state index in [0.717, 1.165) is 30.4 Å². The molecule has 2 atom stereocenters. The van der Waals surface area contributed by atoms with Gasteiger partial charge in [-0.1, -0.05) is 19.8 Å². The molecule has 0 saturated heterocycles. The Morgan fingerprint density at radius 2 is 2.04 bits per heavy atom. The van der Waals surface area contributed by atoms with E-state index >= 15 is 0 Å². The number of hydrogen-bond donors (Lipinski definition) is 1. The highest BCUT2D eigenvalue weighted by Crippen LogP contribution is 2.29. The van der Waals surface area contributed by atoms with Crippen LogP contribution in [0.25, 0.3) is 11.0 Å². The minimum Gasteiger partial charge on any atom is -0.494 e. The SMILES string of the molecule is CCOc1ccc2oc(C(=O)OCC(=O)N[C@@H]3CCCC[C@H]3C)c(C)c2c1. The molecule has 1 aromatic heterocycles. The Morgan fingerprint density at radius 1 is 1.26 bits per heavy atom. The van der Waals surface area contributed by atoms with Crippen LogP contribution in [0.2, 0.25) is 0 Å². The molecule has 1 aliphatic carbocycles. The van der Waals surface area contributed by atoms with Crippen LogP contribution in [0.4, 0.5) is 0 Å². The monoisotopic (exact) mass is 373 g/mol. The van der Waals surface area contributed by atoms with Crippen LogP contribution in [0, 0.1) is 12.8 Å². The summed E-state index contributed by atoms with van der Waals surface area (Å²) in [7, 11) is 0. The number of carbonyl (C=O) groups excluding carboxylic acids is 2. The number of carbonyl (C=O) groups is 2. The van der Waals surface area contributed by atoms with E-state index in [1.165, 1.54) is 6.42 Å². The molecule has 1 fully saturated rings. The van der Waals surface area contributed by atoms with Crippen molar-refractivity contribution in [3.05, 3.63) is 29.5 Å². The first-order valence-corrected chi connectivity index (χ1v) is 9.62. The van der Waals surface area contributed by atoms with Gasteiger partial charge in [0.05, 0.1) is 6.61 Å². The molecular weight excluding hydrogens is 346 g/mol. The average Bonchev–Trinajstić information content (AvgIpc) is 2.98. The smallest absolute Gasteiger partial charge is 0.375 e. The van der Waals surface area contributed by atoms with Crippen LogP contribution in [-0.2, 0) is 9.53 Å². The summed E-state index contributed by atoms with van der Waals surface area (Å²) in [5.74, 6) is 0.394. The van der Waals surface area contributed by atoms with Crippen LogP contribution in [0.15, 0.2) is 22.6 Å². The summed E-state index contributed by atoms with van der Waals surface area (Å²) in [6.07, 6.45) is 4.42. The summed E-state index contributed by atoms with van der Waals surface area (Å²) in [5.41, 5.74) is 1.27. The van der Waals surface area contributed by atoms with E-state index < -0.39 is 5.97 Å². The first-order valence-electron chi connectivity index (χ1n) is 9.62. The molecule has 0 aliphatic heterocycles. The van der Waals surface area contributed by atoms with Crippen molar-refractivity contribution in [2.24, 2.45) is 5.92 Å². The average molecular weight is 373 g/mol. The summed E-state index contributed by atoms with van der Waals surface area (Å²) in [4.78, 5) is 24.5. The van der Waals surface area contributed by atoms with Gasteiger partial charge in [0.1, 0.15) is 11.3 Å². The summed E-state index contributed by atoms with van der Waals surface area (Å²) in [6.45, 7) is 6.11. The molecule has 27 heavy (non-hydrogen) atoms. The fourth-order valence-corrected chi connectivity index (χ4v) is 3.63. The summed E-state index contributed by atoms with van der Waals surface area (Å²) >= 11 is 0. The van der Waals surface area contributed by atoms with Gasteiger partial charge in [-0.15, -0.1) is 0 Å². The Morgan fingerprint density at radius 3 is 2.78 bits per heavy atom. The van der Waals surface area contributed by atoms with Gasteiger partial charge in [0, 0.05) is 17.0 Å². The normalized spacial score (nSPS) is 19.7. The number of amides is 1. The van der Waals surface area contributed by atoms with Crippen LogP contribution < -0.4 is 10.1 Å². The van der Waals surface area contributed by atoms with Crippen LogP contribution >= 0.6 is 0 Å². The number of furan rings is 1. The van der Waals surface area contributed by atoms with Gasteiger partial charge in [-0.2, -0.15) is 0 Å². The largest absolute Gasteiger partial charge is 0.494 e. The Bertz CT molecular complexity index is 825. The van der Waals surface area contributed by atoms with Crippen molar-refractivity contribution in [1.82, 2.24) is 5.32 Å². The number of fused-ring (bicyclic) bond motifs is 1. The Kier molecular flexibility index (Phi) is 6.04. The van der Waals surface area contributed by atoms with Crippen LogP contribution in [0.5, 0.6) is 5.75 Å². The second-order valence-corrected chi connectivity index (χ2v) is 7.16. The molecular formula is C21H27NO5. The standard InChI is InChI=1S/C21H27NO5/c1-4-25-15-9-10-18-16(11-15)14(3)20(27-18)21(24)26-12-19(23)22-17-8-6-5-7-13(17)2/h9-11,13,17H,4-8,12H2,1-3H3,(H,22,23)/t13-,17-/m1/s1. The third kappa shape index (κ3) is 4.43. The van der Waals surface area contributed by atoms with Gasteiger partial charge in [-0.25, -0.2) is 4.79 Å². The Labute approximate surface area is 159 Å². The molecule has 0 radical (unpaired) electrons. The molecule has 0 bridgehead atoms. The number of esters is 1. The zero-order valence-electron chi connectivity index (χ0n) is 16.2. The molecule has 6 heteroatoms. The molecule has 2 aromatic rings. The van der Waals surface area contributed by atoms with Crippen LogP contribution in [-0.4, -0.2) is 31.1 Å². The van der Waals surface area contributed by atoms with E-state index in [1.54, 1.807) is 19.1 Å². The van der Waals surface area contributed by atoms with Crippen molar-refractivity contribution >= 4 is 22.8 Å². The Hall–Kier alpha value is -2.50. The minimum atomic E-state index is -0.631. The van der Waals surface area contributed by atoms with Crippen LogP contribution in [0.3, 0.4) is 0 Å². The number of hydrogen-bond acceptors (Lipinski definition) is 5. The predicted octanol–water partition coefficient (Wildman–Crippen LogP) is 3.99. The van der Waals surface area contributed by atoms with Gasteiger partial charge in [-0.05, 0) is 50.8 Å². The topological polar surface area (TPSA) is 77.8 Å². The van der Waals surface area contributed by atoms with E-state index in [1.807, 2.05) is 13.0 Å². The molecule has 1 heterocycles. The molecule has 1 saturated carbocycles. The number of rotatable bonds is 6. The molecule has 146 valence electrons. The highest BCUT2D eigenvalue weighted by atomic mass is 16.5. The predicted molar refractivity (Wildman–Crippen MR) is 102 cm³/mol. The van der Waals surface area contributed by atoms with Crippen LogP contribution in [0.1, 0.15) is 55.6 Å². The highest BCUT2D eigenvalue weighted by molar-refractivity contribution is 5.97. The molecule has 0 unspecified atom stereocenters. The molecule has 1 aromatic carbocycles. The van der Waals surface area contributed by atoms with Crippen molar-refractivity contribution < 1.29 is 23.5 Å². The summed E-state index contributed by atoms with van der Waals surface area (Å²) in [6, 6.07) is 5.56. The second-order valence-electron chi connectivity index (χ2n) is 7.16. The first-order chi connectivity index (χ1) is 13.0. The maximum atomic E-state index is 12.4. The number of aryl methyl sites for hydroxylation is 1. The van der Waals surface area contributed by atoms with E-state index in [0.29, 0.717) is 23.7 Å². The van der Waals surface area contributed by atoms with Gasteiger partial charge >= 0.3 is 5.97 Å². The number of nitrogens with one attached hydrogen (secondary N) is 1. The fraction of sp³-hybridized carbons (Fsp3) is 0.524. The van der Waals surface area contributed by atoms with Gasteiger partial charge < -0.3 is 19.2 Å². The van der Waals surface area contributed by atoms with Gasteiger partial charge in [0.15, 0.2) is 6.61 Å². The highest BCUT2D eigenvalue weighted by Gasteiger charge is 2.24. The molecule has 6 nitrogen and oxygen atoms in total. The zero-order chi connectivity index (χ0) is 19.4. The molecule has 0 spiro atoms. The molecule has 3 rings (SSSR count). The van der Waals surface area contributed by atoms with Crippen molar-refractivity contribution in [1.29, 1.82) is 0 Å². The maximum Gasteiger partial charge on any atom is 0.375 e. The second kappa shape index (κ2) is 8.46. The van der Waals surface area contributed by atoms with Gasteiger partial charge in [-0.3, -0.25) is 4.79 Å². The molecule has 1 aliphatic rings. The van der Waals surface area contributed by atoms with Crippen molar-refractivity contribution in [2.45, 2.75) is 52.5 Å². The summed E-state index contributed by atoms with van der Waals surface area (Å²) in [5, 5.41) is 3.77. The number of benzene rings is 1. The van der Waals surface area contributed by atoms with Gasteiger partial charge in [0.2, 0.25) is 5.76 Å². The third-order valence-corrected chi connectivity index (χ3v) is 5.20. The third-order valence-electron chi connectivity index (χ3n) is 5.20. The molecule has 1 amide bonds. The maximum absolute atomic E-state index is 12.4. The lowest BCUT2D eigenvalue weighted by Crippen LogP contribution is -2.42. The summed E-state index contributed by atoms with van der Waals surface area (Å²) < 4.78 is 16.3. The van der Waals surface area contributed by atoms with E-state index in [4.69, 9.17) is 13.9 Å². The van der Waals surface area contributed by atoms with E-state index in [2.05, 4.69) is 12.2 Å². The zero-order valence-corrected chi connectivity index (χ0v) is 16.2. The lowest BCUT2D eigenvalue weighted by Gasteiger charge is -2.29. The lowest BCUT2D eigenvalue weighted by atomic mass is 9.86. The van der Waals surface area contributed by atoms with Gasteiger partial charge in [0.25, 0.3) is 5.91 Å². The van der Waals surface area contributed by atoms with E-state index in [-0.39, 0.29) is 24.3 Å². The minimum absolute atomic E-state index is 0.123. The quantitative estimate of drug-likeness (QED) is 0.775. The lowest BCUT2D eigenvalue weighted by molar-refractivity contribution is -0.125. The Balaban J connectivity index is 1.62. The first kappa shape index (κ1) is 19.3. The van der Waals surface area contributed by atoms with Crippen molar-refractivity contribution in [3.63, 3.8) is 0 Å². The van der Waals surface area contributed by atoms with Crippen molar-refractivity contribution in [2.75, 3.05) is 13.2 Å². The fourth-order valence-electron chi connectivity index (χ4n) is 3.63. The van der Waals surface area contributed by atoms with Crippen molar-refractivity contribution in [3.8, 4) is 5.75 Å². The van der Waals surface area contributed by atoms with E-state index in [9.17, 15) is 9.59 Å². The number of ether oxygens (including phenoxy) is 2.